The lowest BCUT2D eigenvalue weighted by Crippen LogP contribution is -2.40. The number of carbonyl (C=O) groups excluding carboxylic acids is 2. The topological polar surface area (TPSA) is 77.8 Å². The average Bonchev–Trinajstić information content (AvgIpc) is 3.04. The lowest BCUT2D eigenvalue weighted by molar-refractivity contribution is -0.170. The van der Waals surface area contributed by atoms with Gasteiger partial charge in [-0.1, -0.05) is 18.2 Å². The highest BCUT2D eigenvalue weighted by molar-refractivity contribution is 5.88. The van der Waals surface area contributed by atoms with E-state index in [1.807, 2.05) is 34.9 Å². The summed E-state index contributed by atoms with van der Waals surface area (Å²) in [5, 5.41) is 11.9. The van der Waals surface area contributed by atoms with Crippen molar-refractivity contribution in [2.24, 2.45) is 5.41 Å². The lowest BCUT2D eigenvalue weighted by Gasteiger charge is -2.28. The molecule has 0 amide bonds. The Balaban J connectivity index is 2.03. The van der Waals surface area contributed by atoms with Crippen LogP contribution in [0.5, 0.6) is 0 Å². The Hall–Kier alpha value is -2.34. The summed E-state index contributed by atoms with van der Waals surface area (Å²) in [6, 6.07) is 9.55. The zero-order chi connectivity index (χ0) is 17.3. The molecule has 3 rings (SSSR count). The first-order valence-electron chi connectivity index (χ1n) is 8.12. The van der Waals surface area contributed by atoms with Crippen LogP contribution in [-0.4, -0.2) is 34.8 Å². The maximum Gasteiger partial charge on any atom is 0.317 e. The highest BCUT2D eigenvalue weighted by Crippen LogP contribution is 2.48. The van der Waals surface area contributed by atoms with E-state index in [1.165, 1.54) is 0 Å². The number of esters is 2. The molecular weight excluding hydrogens is 310 g/mol. The molecule has 1 aliphatic heterocycles. The van der Waals surface area contributed by atoms with Gasteiger partial charge in [0.15, 0.2) is 0 Å². The van der Waals surface area contributed by atoms with E-state index < -0.39 is 23.5 Å². The Labute approximate surface area is 140 Å². The first kappa shape index (κ1) is 16.5. The molecule has 0 radical (unpaired) electrons. The van der Waals surface area contributed by atoms with Crippen LogP contribution in [0.15, 0.2) is 30.3 Å². The van der Waals surface area contributed by atoms with Crippen LogP contribution < -0.4 is 0 Å². The minimum absolute atomic E-state index is 0.186. The van der Waals surface area contributed by atoms with Gasteiger partial charge in [-0.3, -0.25) is 9.59 Å². The first-order chi connectivity index (χ1) is 11.5. The van der Waals surface area contributed by atoms with Gasteiger partial charge >= 0.3 is 11.9 Å². The summed E-state index contributed by atoms with van der Waals surface area (Å²) in [6.45, 7) is 4.01. The van der Waals surface area contributed by atoms with E-state index in [9.17, 15) is 14.7 Å². The minimum Gasteiger partial charge on any atom is -0.466 e. The molecular formula is C18H21NO5. The van der Waals surface area contributed by atoms with E-state index in [0.717, 1.165) is 10.9 Å². The zero-order valence-corrected chi connectivity index (χ0v) is 13.8. The summed E-state index contributed by atoms with van der Waals surface area (Å²) >= 11 is 0. The van der Waals surface area contributed by atoms with Gasteiger partial charge in [0, 0.05) is 17.8 Å². The third-order valence-electron chi connectivity index (χ3n) is 4.53. The molecule has 0 fully saturated rings. The summed E-state index contributed by atoms with van der Waals surface area (Å²) in [6.07, 6.45) is -1.33. The SMILES string of the molecule is CCOC(=O)CC1(C(=O)OCC)Cn2c(cc3ccccc32)C1O. The highest BCUT2D eigenvalue weighted by Gasteiger charge is 2.55. The number of nitrogens with zero attached hydrogens (tertiary/aromatic N) is 1. The largest absolute Gasteiger partial charge is 0.466 e. The number of aromatic nitrogens is 1. The monoisotopic (exact) mass is 331 g/mol. The normalized spacial score (nSPS) is 22.4. The number of fused-ring (bicyclic) bond motifs is 3. The molecule has 2 unspecified atom stereocenters. The van der Waals surface area contributed by atoms with Crippen molar-refractivity contribution < 1.29 is 24.2 Å². The van der Waals surface area contributed by atoms with Gasteiger partial charge in [0.2, 0.25) is 0 Å². The van der Waals surface area contributed by atoms with E-state index in [-0.39, 0.29) is 26.2 Å². The van der Waals surface area contributed by atoms with Crippen LogP contribution in [0.2, 0.25) is 0 Å². The third kappa shape index (κ3) is 2.47. The fraction of sp³-hybridized carbons (Fsp3) is 0.444. The Bertz CT molecular complexity index is 781. The minimum atomic E-state index is -1.35. The molecule has 2 aromatic rings. The molecule has 0 spiro atoms. The molecule has 6 nitrogen and oxygen atoms in total. The molecule has 1 aromatic carbocycles. The maximum absolute atomic E-state index is 12.6. The Morgan fingerprint density at radius 2 is 1.96 bits per heavy atom. The molecule has 2 atom stereocenters. The number of carbonyl (C=O) groups is 2. The van der Waals surface area contributed by atoms with Gasteiger partial charge in [0.25, 0.3) is 0 Å². The van der Waals surface area contributed by atoms with Gasteiger partial charge in [-0.25, -0.2) is 0 Å². The second kappa shape index (κ2) is 6.28. The van der Waals surface area contributed by atoms with Gasteiger partial charge < -0.3 is 19.1 Å². The van der Waals surface area contributed by atoms with Gasteiger partial charge in [-0.15, -0.1) is 0 Å². The van der Waals surface area contributed by atoms with Crippen LogP contribution in [-0.2, 0) is 25.6 Å². The Kier molecular flexibility index (Phi) is 4.32. The molecule has 24 heavy (non-hydrogen) atoms. The zero-order valence-electron chi connectivity index (χ0n) is 13.8. The lowest BCUT2D eigenvalue weighted by atomic mass is 9.79. The Morgan fingerprint density at radius 3 is 2.67 bits per heavy atom. The van der Waals surface area contributed by atoms with Crippen molar-refractivity contribution in [1.82, 2.24) is 4.57 Å². The molecule has 1 aromatic heterocycles. The number of rotatable bonds is 5. The van der Waals surface area contributed by atoms with Crippen LogP contribution in [0, 0.1) is 5.41 Å². The van der Waals surface area contributed by atoms with Crippen molar-refractivity contribution in [3.05, 3.63) is 36.0 Å². The van der Waals surface area contributed by atoms with Gasteiger partial charge in [-0.05, 0) is 31.4 Å². The fourth-order valence-electron chi connectivity index (χ4n) is 3.43. The molecule has 2 heterocycles. The molecule has 1 aliphatic rings. The van der Waals surface area contributed by atoms with Crippen LogP contribution in [0.1, 0.15) is 32.1 Å². The van der Waals surface area contributed by atoms with Crippen LogP contribution in [0.3, 0.4) is 0 Å². The smallest absolute Gasteiger partial charge is 0.317 e. The van der Waals surface area contributed by atoms with Crippen molar-refractivity contribution >= 4 is 22.8 Å². The number of hydrogen-bond donors (Lipinski definition) is 1. The maximum atomic E-state index is 12.6. The summed E-state index contributed by atoms with van der Waals surface area (Å²) in [7, 11) is 0. The van der Waals surface area contributed by atoms with E-state index in [0.29, 0.717) is 5.69 Å². The second-order valence-corrected chi connectivity index (χ2v) is 5.98. The van der Waals surface area contributed by atoms with E-state index in [4.69, 9.17) is 9.47 Å². The van der Waals surface area contributed by atoms with Crippen LogP contribution in [0.4, 0.5) is 0 Å². The summed E-state index contributed by atoms with van der Waals surface area (Å²) < 4.78 is 12.1. The van der Waals surface area contributed by atoms with Crippen molar-refractivity contribution in [3.8, 4) is 0 Å². The number of hydrogen-bond acceptors (Lipinski definition) is 5. The van der Waals surface area contributed by atoms with Crippen LogP contribution in [0.25, 0.3) is 10.9 Å². The molecule has 6 heteroatoms. The molecule has 0 saturated heterocycles. The Morgan fingerprint density at radius 1 is 1.25 bits per heavy atom. The summed E-state index contributed by atoms with van der Waals surface area (Å²) in [4.78, 5) is 24.7. The second-order valence-electron chi connectivity index (χ2n) is 5.98. The average molecular weight is 331 g/mol. The number of benzene rings is 1. The molecule has 1 N–H and O–H groups in total. The quantitative estimate of drug-likeness (QED) is 0.850. The van der Waals surface area contributed by atoms with Gasteiger partial charge in [0.05, 0.1) is 19.6 Å². The number of aliphatic hydroxyl groups excluding tert-OH is 1. The number of ether oxygens (including phenoxy) is 2. The fourth-order valence-corrected chi connectivity index (χ4v) is 3.43. The van der Waals surface area contributed by atoms with Crippen molar-refractivity contribution in [2.75, 3.05) is 13.2 Å². The molecule has 128 valence electrons. The van der Waals surface area contributed by atoms with Crippen molar-refractivity contribution in [1.29, 1.82) is 0 Å². The number of aliphatic hydroxyl groups is 1. The molecule has 0 aliphatic carbocycles. The third-order valence-corrected chi connectivity index (χ3v) is 4.53. The van der Waals surface area contributed by atoms with Gasteiger partial charge in [0.1, 0.15) is 11.5 Å². The van der Waals surface area contributed by atoms with Crippen molar-refractivity contribution in [2.45, 2.75) is 32.9 Å². The predicted octanol–water partition coefficient (Wildman–Crippen LogP) is 2.19. The molecule has 0 bridgehead atoms. The summed E-state index contributed by atoms with van der Waals surface area (Å²) in [5.74, 6) is -1.09. The molecule has 0 saturated carbocycles. The highest BCUT2D eigenvalue weighted by atomic mass is 16.5. The number of para-hydroxylation sites is 1. The summed E-state index contributed by atoms with van der Waals surface area (Å²) in [5.41, 5.74) is 0.192. The van der Waals surface area contributed by atoms with Crippen LogP contribution >= 0.6 is 0 Å². The van der Waals surface area contributed by atoms with Crippen molar-refractivity contribution in [3.63, 3.8) is 0 Å². The standard InChI is InChI=1S/C18H21NO5/c1-3-23-15(20)10-18(17(22)24-4-2)11-19-13-8-6-5-7-12(13)9-14(19)16(18)21/h5-9,16,21H,3-4,10-11H2,1-2H3. The predicted molar refractivity (Wildman–Crippen MR) is 87.2 cm³/mol. The van der Waals surface area contributed by atoms with Gasteiger partial charge in [-0.2, -0.15) is 0 Å². The van der Waals surface area contributed by atoms with E-state index in [2.05, 4.69) is 0 Å². The first-order valence-corrected chi connectivity index (χ1v) is 8.12. The van der Waals surface area contributed by atoms with E-state index >= 15 is 0 Å². The van der Waals surface area contributed by atoms with E-state index in [1.54, 1.807) is 13.8 Å².